The Balaban J connectivity index is 1.25. The maximum absolute atomic E-state index is 12.6. The smallest absolute Gasteiger partial charge is 0.311 e. The third-order valence-corrected chi connectivity index (χ3v) is 6.66. The highest BCUT2D eigenvalue weighted by Crippen LogP contribution is 2.41. The topological polar surface area (TPSA) is 99.3 Å². The van der Waals surface area contributed by atoms with Crippen molar-refractivity contribution >= 4 is 17.6 Å². The van der Waals surface area contributed by atoms with E-state index in [1.165, 1.54) is 0 Å². The molecule has 1 atom stereocenters. The van der Waals surface area contributed by atoms with Gasteiger partial charge in [-0.15, -0.1) is 5.01 Å². The number of benzene rings is 2. The Morgan fingerprint density at radius 3 is 2.67 bits per heavy atom. The molecule has 1 aromatic heterocycles. The van der Waals surface area contributed by atoms with Crippen LogP contribution in [0.2, 0.25) is 5.02 Å². The Morgan fingerprint density at radius 2 is 1.95 bits per heavy atom. The third kappa shape index (κ3) is 7.46. The average Bonchev–Trinajstić information content (AvgIpc) is 3.36. The number of nitrogens with zero attached hydrogens (tertiary/aromatic N) is 4. The first-order chi connectivity index (χ1) is 18.8. The van der Waals surface area contributed by atoms with Crippen molar-refractivity contribution in [3.05, 3.63) is 99.0 Å². The van der Waals surface area contributed by atoms with E-state index in [0.29, 0.717) is 47.4 Å². The molecule has 2 heterocycles. The second-order valence-corrected chi connectivity index (χ2v) is 10.1. The van der Waals surface area contributed by atoms with Gasteiger partial charge in [-0.25, -0.2) is 0 Å². The second kappa shape index (κ2) is 13.4. The van der Waals surface area contributed by atoms with Crippen molar-refractivity contribution in [1.82, 2.24) is 9.99 Å². The number of carbonyl (C=O) groups is 1. The van der Waals surface area contributed by atoms with Gasteiger partial charge in [0, 0.05) is 28.8 Å². The monoisotopic (exact) mass is 552 g/mol. The summed E-state index contributed by atoms with van der Waals surface area (Å²) >= 11 is 6.01. The summed E-state index contributed by atoms with van der Waals surface area (Å²) in [4.78, 5) is 22.7. The van der Waals surface area contributed by atoms with Gasteiger partial charge in [0.15, 0.2) is 5.75 Å². The Kier molecular flexibility index (Phi) is 9.73. The molecule has 0 fully saturated rings. The molecule has 10 heteroatoms. The van der Waals surface area contributed by atoms with Crippen LogP contribution in [0.5, 0.6) is 5.75 Å². The molecule has 0 saturated carbocycles. The molecule has 1 aliphatic rings. The molecule has 2 aromatic carbocycles. The fraction of sp³-hybridized carbons (Fsp3) is 0.379. The number of aromatic nitrogens is 1. The summed E-state index contributed by atoms with van der Waals surface area (Å²) in [5.74, 6) is 0.0916. The van der Waals surface area contributed by atoms with Crippen molar-refractivity contribution in [1.29, 1.82) is 0 Å². The van der Waals surface area contributed by atoms with Gasteiger partial charge in [-0.2, -0.15) is 0 Å². The van der Waals surface area contributed by atoms with Crippen LogP contribution in [-0.4, -0.2) is 33.6 Å². The highest BCUT2D eigenvalue weighted by atomic mass is 35.5. The summed E-state index contributed by atoms with van der Waals surface area (Å²) in [6.45, 7) is 6.59. The molecular formula is C29H33ClN4O5. The quantitative estimate of drug-likeness (QED) is 0.0835. The summed E-state index contributed by atoms with van der Waals surface area (Å²) in [6.07, 6.45) is 2.74. The number of esters is 1. The minimum Gasteiger partial charge on any atom is -0.569 e. The lowest BCUT2D eigenvalue weighted by atomic mass is 10.0. The third-order valence-electron chi connectivity index (χ3n) is 6.41. The van der Waals surface area contributed by atoms with E-state index in [2.05, 4.69) is 10.3 Å². The van der Waals surface area contributed by atoms with Crippen LogP contribution in [0.4, 0.5) is 0 Å². The second-order valence-electron chi connectivity index (χ2n) is 9.62. The van der Waals surface area contributed by atoms with Crippen LogP contribution in [0.3, 0.4) is 0 Å². The summed E-state index contributed by atoms with van der Waals surface area (Å²) < 4.78 is 11.7. The van der Waals surface area contributed by atoms with E-state index < -0.39 is 0 Å². The van der Waals surface area contributed by atoms with Gasteiger partial charge in [-0.05, 0) is 56.9 Å². The van der Waals surface area contributed by atoms with Crippen LogP contribution in [0, 0.1) is 12.1 Å². The number of hydrazine groups is 1. The van der Waals surface area contributed by atoms with Gasteiger partial charge < -0.3 is 19.5 Å². The fourth-order valence-corrected chi connectivity index (χ4v) is 4.41. The zero-order valence-corrected chi connectivity index (χ0v) is 23.1. The van der Waals surface area contributed by atoms with Crippen molar-refractivity contribution in [2.24, 2.45) is 5.28 Å². The number of hydrogen-bond donors (Lipinski definition) is 0. The van der Waals surface area contributed by atoms with Crippen molar-refractivity contribution < 1.29 is 24.1 Å². The van der Waals surface area contributed by atoms with Gasteiger partial charge in [0.2, 0.25) is 5.28 Å². The zero-order valence-electron chi connectivity index (χ0n) is 22.4. The van der Waals surface area contributed by atoms with Gasteiger partial charge in [0.1, 0.15) is 19.3 Å². The summed E-state index contributed by atoms with van der Waals surface area (Å²) in [6, 6.07) is 17.1. The van der Waals surface area contributed by atoms with Crippen molar-refractivity contribution in [3.8, 4) is 5.75 Å². The first kappa shape index (κ1) is 28.3. The first-order valence-corrected chi connectivity index (χ1v) is 13.4. The maximum Gasteiger partial charge on any atom is 0.311 e. The largest absolute Gasteiger partial charge is 0.569 e. The molecule has 0 spiro atoms. The van der Waals surface area contributed by atoms with Crippen molar-refractivity contribution in [2.75, 3.05) is 6.61 Å². The molecule has 0 aliphatic carbocycles. The van der Waals surface area contributed by atoms with E-state index in [4.69, 9.17) is 25.9 Å². The molecule has 3 aromatic rings. The molecule has 1 aliphatic heterocycles. The summed E-state index contributed by atoms with van der Waals surface area (Å²) in [5, 5.41) is 18.3. The van der Waals surface area contributed by atoms with Crippen LogP contribution in [0.15, 0.2) is 66.1 Å². The van der Waals surface area contributed by atoms with Gasteiger partial charge in [0.25, 0.3) is 0 Å². The number of rotatable bonds is 12. The molecule has 0 unspecified atom stereocenters. The van der Waals surface area contributed by atoms with E-state index in [9.17, 15) is 10.0 Å². The van der Waals surface area contributed by atoms with E-state index >= 15 is 0 Å². The van der Waals surface area contributed by atoms with Gasteiger partial charge in [0.05, 0.1) is 23.3 Å². The molecule has 0 bridgehead atoms. The number of carbonyl (C=O) groups excluding carboxylic acids is 1. The van der Waals surface area contributed by atoms with E-state index in [-0.39, 0.29) is 31.1 Å². The minimum atomic E-state index is -0.362. The highest BCUT2D eigenvalue weighted by molar-refractivity contribution is 6.30. The molecule has 0 saturated heterocycles. The van der Waals surface area contributed by atoms with Gasteiger partial charge in [-0.1, -0.05) is 54.1 Å². The summed E-state index contributed by atoms with van der Waals surface area (Å²) in [5.41, 5.74) is 4.30. The molecule has 4 rings (SSSR count). The number of hydrogen-bond acceptors (Lipinski definition) is 7. The van der Waals surface area contributed by atoms with Crippen LogP contribution in [0.25, 0.3) is 0 Å². The highest BCUT2D eigenvalue weighted by Gasteiger charge is 2.30. The molecule has 0 radical (unpaired) electrons. The lowest BCUT2D eigenvalue weighted by molar-refractivity contribution is -0.720. The minimum absolute atomic E-state index is 0.0610. The van der Waals surface area contributed by atoms with Crippen molar-refractivity contribution in [2.45, 2.75) is 65.3 Å². The maximum atomic E-state index is 12.6. The Morgan fingerprint density at radius 1 is 1.21 bits per heavy atom. The molecular weight excluding hydrogens is 520 g/mol. The first-order valence-electron chi connectivity index (χ1n) is 13.0. The lowest BCUT2D eigenvalue weighted by Gasteiger charge is -2.21. The van der Waals surface area contributed by atoms with Crippen molar-refractivity contribution in [3.63, 3.8) is 0 Å². The Bertz CT molecular complexity index is 1280. The standard InChI is InChI=1S/C29H33ClN4O5/c1-20(2)33(18-22-9-5-4-6-10-22)34(36)32-38-16-8-7-11-27(35)39-28-21(3)31-17-25-26(28)19-37-29(25)23-12-14-24(30)15-13-23/h4-6,9-10,12-15,17,20,29H,7-8,11,16,18-19H2,1-3H3/b34-32-/t29-/m0/s1. The summed E-state index contributed by atoms with van der Waals surface area (Å²) in [7, 11) is 0. The van der Waals surface area contributed by atoms with Crippen LogP contribution in [-0.2, 0) is 27.5 Å². The SMILES string of the molecule is Cc1ncc2c(c1OC(=O)CCCCO/N=[N+](\[O-])N(Cc1ccccc1)C(C)C)CO[C@H]2c1ccc(Cl)cc1. The number of halogens is 1. The van der Waals surface area contributed by atoms with E-state index in [0.717, 1.165) is 22.3 Å². The average molecular weight is 553 g/mol. The number of ether oxygens (including phenoxy) is 2. The number of pyridine rings is 1. The molecule has 0 amide bonds. The zero-order chi connectivity index (χ0) is 27.8. The van der Waals surface area contributed by atoms with E-state index in [1.807, 2.05) is 68.4 Å². The molecule has 206 valence electrons. The number of unbranched alkanes of at least 4 members (excludes halogenated alkanes) is 1. The number of fused-ring (bicyclic) bond motifs is 1. The van der Waals surface area contributed by atoms with E-state index in [1.54, 1.807) is 18.1 Å². The Labute approximate surface area is 233 Å². The number of aryl methyl sites for hydroxylation is 1. The predicted octanol–water partition coefficient (Wildman–Crippen LogP) is 6.46. The normalized spacial score (nSPS) is 14.8. The van der Waals surface area contributed by atoms with Crippen LogP contribution < -0.4 is 4.74 Å². The molecule has 9 nitrogen and oxygen atoms in total. The lowest BCUT2D eigenvalue weighted by Crippen LogP contribution is -2.36. The van der Waals surface area contributed by atoms with Crippen LogP contribution >= 0.6 is 11.6 Å². The predicted molar refractivity (Wildman–Crippen MR) is 146 cm³/mol. The van der Waals surface area contributed by atoms with Crippen LogP contribution in [0.1, 0.15) is 67.2 Å². The fourth-order valence-electron chi connectivity index (χ4n) is 4.28. The molecule has 0 N–H and O–H groups in total. The van der Waals surface area contributed by atoms with Gasteiger partial charge in [-0.3, -0.25) is 9.78 Å². The van der Waals surface area contributed by atoms with Gasteiger partial charge >= 0.3 is 5.97 Å². The molecule has 39 heavy (non-hydrogen) atoms. The Hall–Kier alpha value is -3.69.